The van der Waals surface area contributed by atoms with Gasteiger partial charge in [0.25, 0.3) is 5.91 Å². The summed E-state index contributed by atoms with van der Waals surface area (Å²) >= 11 is 0. The zero-order valence-corrected chi connectivity index (χ0v) is 16.4. The standard InChI is InChI=1S/C20H31N3O4/c1-25-9-4-3-5-16-11-15(12-22-19(16)26-2)14-23(17-6-7-17)20(24)18-13-21-8-10-27-18/h11-12,17-18,21H,3-10,13-14H2,1-2H3/t18-/m1/s1. The lowest BCUT2D eigenvalue weighted by Gasteiger charge is -2.30. The molecule has 0 bridgehead atoms. The van der Waals surface area contributed by atoms with Gasteiger partial charge in [-0.25, -0.2) is 4.98 Å². The average molecular weight is 377 g/mol. The van der Waals surface area contributed by atoms with Crippen LogP contribution in [0.3, 0.4) is 0 Å². The topological polar surface area (TPSA) is 72.9 Å². The van der Waals surface area contributed by atoms with E-state index >= 15 is 0 Å². The number of unbranched alkanes of at least 4 members (excludes halogenated alkanes) is 1. The summed E-state index contributed by atoms with van der Waals surface area (Å²) in [5, 5.41) is 3.24. The van der Waals surface area contributed by atoms with E-state index in [2.05, 4.69) is 16.4 Å². The summed E-state index contributed by atoms with van der Waals surface area (Å²) in [6.45, 7) is 3.32. The van der Waals surface area contributed by atoms with E-state index in [4.69, 9.17) is 14.2 Å². The molecule has 1 aromatic rings. The smallest absolute Gasteiger partial charge is 0.253 e. The molecule has 0 aromatic carbocycles. The highest BCUT2D eigenvalue weighted by Gasteiger charge is 2.36. The van der Waals surface area contributed by atoms with Gasteiger partial charge in [0.1, 0.15) is 6.10 Å². The summed E-state index contributed by atoms with van der Waals surface area (Å²) < 4.78 is 16.2. The second-order valence-corrected chi connectivity index (χ2v) is 7.22. The quantitative estimate of drug-likeness (QED) is 0.624. The van der Waals surface area contributed by atoms with E-state index < -0.39 is 0 Å². The van der Waals surface area contributed by atoms with Crippen molar-refractivity contribution in [3.63, 3.8) is 0 Å². The number of rotatable bonds is 10. The summed E-state index contributed by atoms with van der Waals surface area (Å²) in [7, 11) is 3.37. The number of carbonyl (C=O) groups excluding carboxylic acids is 1. The first-order valence-electron chi connectivity index (χ1n) is 9.86. The number of pyridine rings is 1. The number of hydrogen-bond donors (Lipinski definition) is 1. The third-order valence-electron chi connectivity index (χ3n) is 5.05. The van der Waals surface area contributed by atoms with Crippen molar-refractivity contribution in [3.05, 3.63) is 23.4 Å². The van der Waals surface area contributed by atoms with E-state index in [1.54, 1.807) is 14.2 Å². The summed E-state index contributed by atoms with van der Waals surface area (Å²) in [6.07, 6.45) is 6.49. The molecule has 0 radical (unpaired) electrons. The van der Waals surface area contributed by atoms with Gasteiger partial charge in [-0.15, -0.1) is 0 Å². The Labute approximate surface area is 161 Å². The van der Waals surface area contributed by atoms with Crippen molar-refractivity contribution in [2.45, 2.75) is 50.8 Å². The molecule has 2 fully saturated rings. The van der Waals surface area contributed by atoms with Crippen LogP contribution >= 0.6 is 0 Å². The minimum atomic E-state index is -0.376. The molecule has 1 atom stereocenters. The Hall–Kier alpha value is -1.70. The molecule has 7 nitrogen and oxygen atoms in total. The second kappa shape index (κ2) is 10.0. The van der Waals surface area contributed by atoms with E-state index in [-0.39, 0.29) is 12.0 Å². The number of hydrogen-bond acceptors (Lipinski definition) is 6. The molecule has 1 saturated heterocycles. The van der Waals surface area contributed by atoms with Crippen LogP contribution in [0.4, 0.5) is 0 Å². The van der Waals surface area contributed by atoms with Crippen molar-refractivity contribution in [3.8, 4) is 5.88 Å². The van der Waals surface area contributed by atoms with Crippen LogP contribution in [0.2, 0.25) is 0 Å². The van der Waals surface area contributed by atoms with Gasteiger partial charge in [-0.05, 0) is 43.7 Å². The van der Waals surface area contributed by atoms with Crippen molar-refractivity contribution in [2.24, 2.45) is 0 Å². The van der Waals surface area contributed by atoms with E-state index in [9.17, 15) is 4.79 Å². The normalized spacial score (nSPS) is 19.7. The first-order valence-corrected chi connectivity index (χ1v) is 9.86. The third-order valence-corrected chi connectivity index (χ3v) is 5.05. The van der Waals surface area contributed by atoms with Crippen LogP contribution in [0.5, 0.6) is 5.88 Å². The summed E-state index contributed by atoms with van der Waals surface area (Å²) in [6, 6.07) is 2.46. The molecule has 1 N–H and O–H groups in total. The molecule has 2 heterocycles. The molecule has 7 heteroatoms. The predicted octanol–water partition coefficient (Wildman–Crippen LogP) is 1.54. The number of carbonyl (C=O) groups is 1. The molecule has 1 aromatic heterocycles. The van der Waals surface area contributed by atoms with Gasteiger partial charge in [-0.1, -0.05) is 0 Å². The lowest BCUT2D eigenvalue weighted by atomic mass is 10.1. The lowest BCUT2D eigenvalue weighted by Crippen LogP contribution is -2.49. The Kier molecular flexibility index (Phi) is 7.43. The number of nitrogens with zero attached hydrogens (tertiary/aromatic N) is 2. The number of ether oxygens (including phenoxy) is 3. The highest BCUT2D eigenvalue weighted by atomic mass is 16.5. The summed E-state index contributed by atoms with van der Waals surface area (Å²) in [5.74, 6) is 0.752. The molecule has 0 unspecified atom stereocenters. The van der Waals surface area contributed by atoms with Gasteiger partial charge in [0.05, 0.1) is 13.7 Å². The Bertz CT molecular complexity index is 615. The van der Waals surface area contributed by atoms with Crippen LogP contribution in [0.1, 0.15) is 36.8 Å². The van der Waals surface area contributed by atoms with Crippen molar-refractivity contribution in [2.75, 3.05) is 40.5 Å². The number of amides is 1. The summed E-state index contributed by atoms with van der Waals surface area (Å²) in [4.78, 5) is 19.4. The Morgan fingerprint density at radius 1 is 1.37 bits per heavy atom. The molecule has 150 valence electrons. The van der Waals surface area contributed by atoms with Crippen LogP contribution < -0.4 is 10.1 Å². The van der Waals surface area contributed by atoms with Gasteiger partial charge in [0, 0.05) is 51.2 Å². The Morgan fingerprint density at radius 2 is 2.22 bits per heavy atom. The van der Waals surface area contributed by atoms with Crippen molar-refractivity contribution >= 4 is 5.91 Å². The fourth-order valence-electron chi connectivity index (χ4n) is 3.44. The molecule has 1 saturated carbocycles. The van der Waals surface area contributed by atoms with Gasteiger partial charge >= 0.3 is 0 Å². The first-order chi connectivity index (χ1) is 13.2. The number of nitrogens with one attached hydrogen (secondary N) is 1. The number of methoxy groups -OCH3 is 2. The Balaban J connectivity index is 1.67. The maximum Gasteiger partial charge on any atom is 0.253 e. The number of morpholine rings is 1. The zero-order valence-electron chi connectivity index (χ0n) is 16.4. The highest BCUT2D eigenvalue weighted by molar-refractivity contribution is 5.82. The van der Waals surface area contributed by atoms with Gasteiger partial charge < -0.3 is 24.4 Å². The van der Waals surface area contributed by atoms with Gasteiger partial charge in [0.2, 0.25) is 5.88 Å². The van der Waals surface area contributed by atoms with Gasteiger partial charge in [-0.2, -0.15) is 0 Å². The molecule has 3 rings (SSSR count). The zero-order chi connectivity index (χ0) is 19.1. The van der Waals surface area contributed by atoms with Crippen LogP contribution in [-0.4, -0.2) is 68.5 Å². The molecule has 1 amide bonds. The van der Waals surface area contributed by atoms with Crippen molar-refractivity contribution in [1.82, 2.24) is 15.2 Å². The minimum Gasteiger partial charge on any atom is -0.481 e. The molecule has 27 heavy (non-hydrogen) atoms. The van der Waals surface area contributed by atoms with Crippen LogP contribution in [0, 0.1) is 0 Å². The largest absolute Gasteiger partial charge is 0.481 e. The number of aryl methyl sites for hydroxylation is 1. The van der Waals surface area contributed by atoms with Gasteiger partial charge in [-0.3, -0.25) is 4.79 Å². The monoisotopic (exact) mass is 377 g/mol. The SMILES string of the molecule is COCCCCc1cc(CN(C(=O)[C@H]2CNCCO2)C2CC2)cnc1OC. The number of aromatic nitrogens is 1. The Morgan fingerprint density at radius 3 is 2.89 bits per heavy atom. The molecule has 0 spiro atoms. The van der Waals surface area contributed by atoms with E-state index in [1.165, 1.54) is 0 Å². The molecule has 1 aliphatic carbocycles. The molecule has 2 aliphatic rings. The average Bonchev–Trinajstić information content (AvgIpc) is 3.55. The molecular formula is C20H31N3O4. The van der Waals surface area contributed by atoms with Crippen LogP contribution in [0.25, 0.3) is 0 Å². The highest BCUT2D eigenvalue weighted by Crippen LogP contribution is 2.30. The molecule has 1 aliphatic heterocycles. The molecular weight excluding hydrogens is 346 g/mol. The fraction of sp³-hybridized carbons (Fsp3) is 0.700. The predicted molar refractivity (Wildman–Crippen MR) is 102 cm³/mol. The van der Waals surface area contributed by atoms with Crippen molar-refractivity contribution in [1.29, 1.82) is 0 Å². The van der Waals surface area contributed by atoms with Crippen LogP contribution in [-0.2, 0) is 27.2 Å². The second-order valence-electron chi connectivity index (χ2n) is 7.22. The van der Waals surface area contributed by atoms with E-state index in [0.717, 1.165) is 56.4 Å². The van der Waals surface area contributed by atoms with Gasteiger partial charge in [0.15, 0.2) is 0 Å². The fourth-order valence-corrected chi connectivity index (χ4v) is 3.44. The maximum absolute atomic E-state index is 12.9. The van der Waals surface area contributed by atoms with Crippen molar-refractivity contribution < 1.29 is 19.0 Å². The summed E-state index contributed by atoms with van der Waals surface area (Å²) in [5.41, 5.74) is 2.13. The lowest BCUT2D eigenvalue weighted by molar-refractivity contribution is -0.146. The minimum absolute atomic E-state index is 0.0853. The van der Waals surface area contributed by atoms with Crippen LogP contribution in [0.15, 0.2) is 12.3 Å². The third kappa shape index (κ3) is 5.64. The first kappa shape index (κ1) is 20.0. The van der Waals surface area contributed by atoms with E-state index in [0.29, 0.717) is 31.6 Å². The maximum atomic E-state index is 12.9. The van der Waals surface area contributed by atoms with E-state index in [1.807, 2.05) is 11.1 Å².